The van der Waals surface area contributed by atoms with Crippen LogP contribution in [0, 0.1) is 5.82 Å². The number of carbonyl (C=O) groups is 1. The normalized spacial score (nSPS) is 14.2. The van der Waals surface area contributed by atoms with Gasteiger partial charge in [-0.15, -0.1) is 0 Å². The van der Waals surface area contributed by atoms with Gasteiger partial charge in [-0.3, -0.25) is 9.69 Å². The Morgan fingerprint density at radius 1 is 1.04 bits per heavy atom. The van der Waals surface area contributed by atoms with E-state index in [1.165, 1.54) is 35.4 Å². The second-order valence-corrected chi connectivity index (χ2v) is 6.26. The molecule has 0 unspecified atom stereocenters. The van der Waals surface area contributed by atoms with Crippen molar-refractivity contribution < 1.29 is 9.18 Å². The van der Waals surface area contributed by atoms with Gasteiger partial charge in [0.15, 0.2) is 0 Å². The quantitative estimate of drug-likeness (QED) is 0.825. The van der Waals surface area contributed by atoms with Gasteiger partial charge in [-0.25, -0.2) is 4.39 Å². The van der Waals surface area contributed by atoms with E-state index in [-0.39, 0.29) is 11.7 Å². The Hall–Kier alpha value is -2.20. The Morgan fingerprint density at radius 2 is 1.79 bits per heavy atom. The van der Waals surface area contributed by atoms with E-state index in [9.17, 15) is 9.18 Å². The number of nitrogens with zero attached hydrogens (tertiary/aromatic N) is 1. The van der Waals surface area contributed by atoms with Crippen molar-refractivity contribution in [2.75, 3.05) is 19.6 Å². The largest absolute Gasteiger partial charge is 0.352 e. The lowest BCUT2D eigenvalue weighted by Gasteiger charge is -2.28. The molecule has 1 heterocycles. The molecule has 0 saturated carbocycles. The molecule has 0 bridgehead atoms. The molecule has 1 aliphatic rings. The molecule has 2 aromatic carbocycles. The highest BCUT2D eigenvalue weighted by molar-refractivity contribution is 5.94. The van der Waals surface area contributed by atoms with Crippen molar-refractivity contribution in [1.82, 2.24) is 10.2 Å². The van der Waals surface area contributed by atoms with Gasteiger partial charge in [0.05, 0.1) is 0 Å². The molecule has 0 atom stereocenters. The number of hydrogen-bond acceptors (Lipinski definition) is 2. The third kappa shape index (κ3) is 4.42. The van der Waals surface area contributed by atoms with E-state index < -0.39 is 0 Å². The highest BCUT2D eigenvalue weighted by Crippen LogP contribution is 2.18. The standard InChI is InChI=1S/C20H23FN2O/c21-19-9-7-17(8-10-19)20(24)22-12-3-4-13-23-14-11-16-5-1-2-6-18(16)15-23/h1-2,5-10H,3-4,11-15H2,(H,22,24). The average molecular weight is 326 g/mol. The second-order valence-electron chi connectivity index (χ2n) is 6.26. The van der Waals surface area contributed by atoms with Gasteiger partial charge in [0, 0.05) is 25.2 Å². The molecule has 1 N–H and O–H groups in total. The number of carbonyl (C=O) groups excluding carboxylic acids is 1. The van der Waals surface area contributed by atoms with E-state index in [0.29, 0.717) is 12.1 Å². The summed E-state index contributed by atoms with van der Waals surface area (Å²) in [5, 5.41) is 2.89. The van der Waals surface area contributed by atoms with E-state index in [2.05, 4.69) is 34.5 Å². The molecule has 2 aromatic rings. The minimum Gasteiger partial charge on any atom is -0.352 e. The topological polar surface area (TPSA) is 32.3 Å². The minimum absolute atomic E-state index is 0.137. The van der Waals surface area contributed by atoms with Gasteiger partial charge < -0.3 is 5.32 Å². The summed E-state index contributed by atoms with van der Waals surface area (Å²) >= 11 is 0. The number of nitrogens with one attached hydrogen (secondary N) is 1. The van der Waals surface area contributed by atoms with Crippen molar-refractivity contribution in [3.05, 3.63) is 71.0 Å². The number of unbranched alkanes of at least 4 members (excludes halogenated alkanes) is 1. The number of rotatable bonds is 6. The molecule has 0 saturated heterocycles. The maximum Gasteiger partial charge on any atom is 0.251 e. The van der Waals surface area contributed by atoms with Crippen molar-refractivity contribution in [3.63, 3.8) is 0 Å². The second kappa shape index (κ2) is 8.06. The zero-order chi connectivity index (χ0) is 16.8. The molecule has 3 nitrogen and oxygen atoms in total. The molecule has 0 aliphatic carbocycles. The summed E-state index contributed by atoms with van der Waals surface area (Å²) in [6.45, 7) is 3.85. The Balaban J connectivity index is 1.34. The number of benzene rings is 2. The molecule has 0 aromatic heterocycles. The molecule has 0 spiro atoms. The van der Waals surface area contributed by atoms with E-state index in [4.69, 9.17) is 0 Å². The minimum atomic E-state index is -0.324. The molecule has 0 fully saturated rings. The third-order valence-electron chi connectivity index (χ3n) is 4.50. The molecular formula is C20H23FN2O. The van der Waals surface area contributed by atoms with Crippen LogP contribution in [0.25, 0.3) is 0 Å². The fourth-order valence-electron chi connectivity index (χ4n) is 3.11. The molecule has 24 heavy (non-hydrogen) atoms. The summed E-state index contributed by atoms with van der Waals surface area (Å²) in [4.78, 5) is 14.4. The van der Waals surface area contributed by atoms with Crippen LogP contribution in [0.5, 0.6) is 0 Å². The molecule has 1 aliphatic heterocycles. The number of amides is 1. The van der Waals surface area contributed by atoms with Gasteiger partial charge in [-0.05, 0) is 61.2 Å². The first-order valence-electron chi connectivity index (χ1n) is 8.55. The summed E-state index contributed by atoms with van der Waals surface area (Å²) in [6.07, 6.45) is 3.13. The van der Waals surface area contributed by atoms with Crippen LogP contribution in [0.2, 0.25) is 0 Å². The lowest BCUT2D eigenvalue weighted by Crippen LogP contribution is -2.32. The first-order valence-corrected chi connectivity index (χ1v) is 8.55. The molecule has 0 radical (unpaired) electrons. The van der Waals surface area contributed by atoms with Crippen molar-refractivity contribution in [2.24, 2.45) is 0 Å². The van der Waals surface area contributed by atoms with E-state index in [0.717, 1.165) is 38.9 Å². The monoisotopic (exact) mass is 326 g/mol. The smallest absolute Gasteiger partial charge is 0.251 e. The average Bonchev–Trinajstić information content (AvgIpc) is 2.61. The van der Waals surface area contributed by atoms with Crippen molar-refractivity contribution in [1.29, 1.82) is 0 Å². The van der Waals surface area contributed by atoms with E-state index >= 15 is 0 Å². The van der Waals surface area contributed by atoms with Gasteiger partial charge >= 0.3 is 0 Å². The third-order valence-corrected chi connectivity index (χ3v) is 4.50. The first kappa shape index (κ1) is 16.7. The van der Waals surface area contributed by atoms with Crippen molar-refractivity contribution in [2.45, 2.75) is 25.8 Å². The van der Waals surface area contributed by atoms with Gasteiger partial charge in [-0.1, -0.05) is 24.3 Å². The van der Waals surface area contributed by atoms with E-state index in [1.54, 1.807) is 0 Å². The lowest BCUT2D eigenvalue weighted by molar-refractivity contribution is 0.0952. The molecule has 3 rings (SSSR count). The maximum atomic E-state index is 12.8. The molecule has 1 amide bonds. The Labute approximate surface area is 142 Å². The zero-order valence-electron chi connectivity index (χ0n) is 13.8. The predicted octanol–water partition coefficient (Wildman–Crippen LogP) is 3.39. The Bertz CT molecular complexity index is 684. The molecule has 4 heteroatoms. The van der Waals surface area contributed by atoms with Crippen LogP contribution in [0.1, 0.15) is 34.3 Å². The fourth-order valence-corrected chi connectivity index (χ4v) is 3.11. The maximum absolute atomic E-state index is 12.8. The van der Waals surface area contributed by atoms with Crippen LogP contribution in [0.4, 0.5) is 4.39 Å². The van der Waals surface area contributed by atoms with Crippen LogP contribution in [-0.4, -0.2) is 30.4 Å². The van der Waals surface area contributed by atoms with Gasteiger partial charge in [0.1, 0.15) is 5.82 Å². The number of halogens is 1. The van der Waals surface area contributed by atoms with Gasteiger partial charge in [-0.2, -0.15) is 0 Å². The summed E-state index contributed by atoms with van der Waals surface area (Å²) in [7, 11) is 0. The van der Waals surface area contributed by atoms with Crippen LogP contribution in [-0.2, 0) is 13.0 Å². The van der Waals surface area contributed by atoms with E-state index in [1.807, 2.05) is 0 Å². The molecular weight excluding hydrogens is 303 g/mol. The van der Waals surface area contributed by atoms with Crippen molar-refractivity contribution in [3.8, 4) is 0 Å². The van der Waals surface area contributed by atoms with Gasteiger partial charge in [0.25, 0.3) is 5.91 Å². The van der Waals surface area contributed by atoms with Crippen LogP contribution in [0.3, 0.4) is 0 Å². The summed E-state index contributed by atoms with van der Waals surface area (Å²) < 4.78 is 12.8. The predicted molar refractivity (Wildman–Crippen MR) is 93.4 cm³/mol. The van der Waals surface area contributed by atoms with Gasteiger partial charge in [0.2, 0.25) is 0 Å². The number of hydrogen-bond donors (Lipinski definition) is 1. The first-order chi connectivity index (χ1) is 11.7. The summed E-state index contributed by atoms with van der Waals surface area (Å²) in [5.74, 6) is -0.462. The highest BCUT2D eigenvalue weighted by Gasteiger charge is 2.14. The molecule has 126 valence electrons. The van der Waals surface area contributed by atoms with Crippen molar-refractivity contribution >= 4 is 5.91 Å². The lowest BCUT2D eigenvalue weighted by atomic mass is 10.00. The SMILES string of the molecule is O=C(NCCCCN1CCc2ccccc2C1)c1ccc(F)cc1. The summed E-state index contributed by atoms with van der Waals surface area (Å²) in [6, 6.07) is 14.3. The Morgan fingerprint density at radius 3 is 2.58 bits per heavy atom. The Kier molecular flexibility index (Phi) is 5.59. The zero-order valence-corrected chi connectivity index (χ0v) is 13.8. The van der Waals surface area contributed by atoms with Crippen LogP contribution >= 0.6 is 0 Å². The van der Waals surface area contributed by atoms with Crippen LogP contribution in [0.15, 0.2) is 48.5 Å². The highest BCUT2D eigenvalue weighted by atomic mass is 19.1. The number of fused-ring (bicyclic) bond motifs is 1. The summed E-state index contributed by atoms with van der Waals surface area (Å²) in [5.41, 5.74) is 3.41. The van der Waals surface area contributed by atoms with Crippen LogP contribution < -0.4 is 5.32 Å². The fraction of sp³-hybridized carbons (Fsp3) is 0.350.